The predicted molar refractivity (Wildman–Crippen MR) is 125 cm³/mol. The number of carbonyl (C=O) groups excluding carboxylic acids is 2. The van der Waals surface area contributed by atoms with Crippen LogP contribution in [0.4, 0.5) is 5.69 Å². The van der Waals surface area contributed by atoms with E-state index in [1.165, 1.54) is 6.08 Å². The molecule has 6 heteroatoms. The summed E-state index contributed by atoms with van der Waals surface area (Å²) in [7, 11) is 0. The maximum Gasteiger partial charge on any atom is 0.251 e. The molecule has 0 spiro atoms. The van der Waals surface area contributed by atoms with Gasteiger partial charge in [0, 0.05) is 40.9 Å². The molecule has 0 saturated carbocycles. The Morgan fingerprint density at radius 2 is 1.88 bits per heavy atom. The number of anilines is 1. The van der Waals surface area contributed by atoms with E-state index < -0.39 is 0 Å². The minimum atomic E-state index is -0.289. The molecule has 0 radical (unpaired) electrons. The molecule has 2 aromatic carbocycles. The van der Waals surface area contributed by atoms with Crippen LogP contribution in [0.15, 0.2) is 83.4 Å². The van der Waals surface area contributed by atoms with Crippen molar-refractivity contribution in [3.8, 4) is 0 Å². The van der Waals surface area contributed by atoms with Crippen molar-refractivity contribution in [2.75, 3.05) is 5.32 Å². The number of aromatic nitrogens is 1. The molecule has 0 atom stereocenters. The first-order valence-electron chi connectivity index (χ1n) is 10.4. The van der Waals surface area contributed by atoms with Gasteiger partial charge in [0.15, 0.2) is 0 Å². The Hall–Kier alpha value is -4.19. The van der Waals surface area contributed by atoms with Crippen molar-refractivity contribution >= 4 is 34.5 Å². The van der Waals surface area contributed by atoms with Gasteiger partial charge in [-0.1, -0.05) is 37.3 Å². The Kier molecular flexibility index (Phi) is 6.41. The maximum atomic E-state index is 12.5. The van der Waals surface area contributed by atoms with E-state index in [-0.39, 0.29) is 11.8 Å². The van der Waals surface area contributed by atoms with Gasteiger partial charge in [-0.15, -0.1) is 0 Å². The summed E-state index contributed by atoms with van der Waals surface area (Å²) in [6.45, 7) is 2.34. The summed E-state index contributed by atoms with van der Waals surface area (Å²) in [5.74, 6) is 0.310. The number of hydrogen-bond acceptors (Lipinski definition) is 4. The predicted octanol–water partition coefficient (Wildman–Crippen LogP) is 4.97. The third-order valence-electron chi connectivity index (χ3n) is 4.98. The lowest BCUT2D eigenvalue weighted by Gasteiger charge is -2.07. The minimum Gasteiger partial charge on any atom is -0.460 e. The summed E-state index contributed by atoms with van der Waals surface area (Å²) in [5.41, 5.74) is 3.47. The summed E-state index contributed by atoms with van der Waals surface area (Å²) >= 11 is 0. The lowest BCUT2D eigenvalue weighted by molar-refractivity contribution is -0.111. The van der Waals surface area contributed by atoms with Crippen molar-refractivity contribution in [1.29, 1.82) is 0 Å². The van der Waals surface area contributed by atoms with Crippen molar-refractivity contribution in [2.45, 2.75) is 19.9 Å². The molecule has 2 aromatic heterocycles. The summed E-state index contributed by atoms with van der Waals surface area (Å²) in [4.78, 5) is 29.1. The third kappa shape index (κ3) is 4.92. The Morgan fingerprint density at radius 1 is 1.03 bits per heavy atom. The van der Waals surface area contributed by atoms with Crippen molar-refractivity contribution in [3.63, 3.8) is 0 Å². The quantitative estimate of drug-likeness (QED) is 0.409. The molecule has 2 amide bonds. The standard InChI is InChI=1S/C26H23N3O3/c1-2-23-22(21-11-3-4-12-24(21)32-23)13-14-25(30)29-19-10-7-8-18(16-19)26(31)28-17-20-9-5-6-15-27-20/h3-16H,2,17H2,1H3,(H,28,31)(H,29,30)/b14-13+. The van der Waals surface area contributed by atoms with E-state index >= 15 is 0 Å². The number of benzene rings is 2. The molecule has 6 nitrogen and oxygen atoms in total. The van der Waals surface area contributed by atoms with Crippen LogP contribution in [0.3, 0.4) is 0 Å². The molecule has 0 aliphatic heterocycles. The van der Waals surface area contributed by atoms with Crippen LogP contribution in [0.1, 0.15) is 34.3 Å². The van der Waals surface area contributed by atoms with E-state index in [9.17, 15) is 9.59 Å². The van der Waals surface area contributed by atoms with Gasteiger partial charge < -0.3 is 15.1 Å². The first-order valence-corrected chi connectivity index (χ1v) is 10.4. The summed E-state index contributed by atoms with van der Waals surface area (Å²) in [5, 5.41) is 6.61. The van der Waals surface area contributed by atoms with Crippen LogP contribution < -0.4 is 10.6 Å². The van der Waals surface area contributed by atoms with E-state index in [2.05, 4.69) is 15.6 Å². The normalized spacial score (nSPS) is 11.0. The Labute approximate surface area is 186 Å². The van der Waals surface area contributed by atoms with Gasteiger partial charge in [-0.25, -0.2) is 0 Å². The second kappa shape index (κ2) is 9.75. The number of hydrogen-bond donors (Lipinski definition) is 2. The highest BCUT2D eigenvalue weighted by molar-refractivity contribution is 6.04. The third-order valence-corrected chi connectivity index (χ3v) is 4.98. The van der Waals surface area contributed by atoms with Gasteiger partial charge in [-0.2, -0.15) is 0 Å². The van der Waals surface area contributed by atoms with E-state index in [0.29, 0.717) is 17.8 Å². The Morgan fingerprint density at radius 3 is 2.69 bits per heavy atom. The largest absolute Gasteiger partial charge is 0.460 e. The first kappa shape index (κ1) is 21.1. The highest BCUT2D eigenvalue weighted by atomic mass is 16.3. The summed E-state index contributed by atoms with van der Waals surface area (Å²) in [6.07, 6.45) is 5.65. The average Bonchev–Trinajstić information content (AvgIpc) is 3.19. The lowest BCUT2D eigenvalue weighted by atomic mass is 10.1. The Balaban J connectivity index is 1.42. The smallest absolute Gasteiger partial charge is 0.251 e. The molecular formula is C26H23N3O3. The number of carbonyl (C=O) groups is 2. The zero-order chi connectivity index (χ0) is 22.3. The number of nitrogens with zero attached hydrogens (tertiary/aromatic N) is 1. The zero-order valence-corrected chi connectivity index (χ0v) is 17.7. The first-order chi connectivity index (χ1) is 15.6. The maximum absolute atomic E-state index is 12.5. The van der Waals surface area contributed by atoms with Crippen LogP contribution in [-0.4, -0.2) is 16.8 Å². The number of fused-ring (bicyclic) bond motifs is 1. The van der Waals surface area contributed by atoms with Crippen LogP contribution in [0, 0.1) is 0 Å². The number of nitrogens with one attached hydrogen (secondary N) is 2. The molecule has 0 unspecified atom stereocenters. The van der Waals surface area contributed by atoms with Gasteiger partial charge in [0.25, 0.3) is 5.91 Å². The van der Waals surface area contributed by atoms with Crippen molar-refractivity contribution in [3.05, 3.63) is 102 Å². The topological polar surface area (TPSA) is 84.2 Å². The fourth-order valence-electron chi connectivity index (χ4n) is 3.42. The average molecular weight is 425 g/mol. The van der Waals surface area contributed by atoms with E-state index in [1.54, 1.807) is 36.5 Å². The fraction of sp³-hybridized carbons (Fsp3) is 0.115. The molecular weight excluding hydrogens is 402 g/mol. The van der Waals surface area contributed by atoms with Crippen LogP contribution in [0.5, 0.6) is 0 Å². The highest BCUT2D eigenvalue weighted by Gasteiger charge is 2.11. The molecule has 0 fully saturated rings. The number of amides is 2. The fourth-order valence-corrected chi connectivity index (χ4v) is 3.42. The SMILES string of the molecule is CCc1oc2ccccc2c1/C=C/C(=O)Nc1cccc(C(=O)NCc2ccccn2)c1. The van der Waals surface area contributed by atoms with Gasteiger partial charge >= 0.3 is 0 Å². The molecule has 32 heavy (non-hydrogen) atoms. The highest BCUT2D eigenvalue weighted by Crippen LogP contribution is 2.27. The van der Waals surface area contributed by atoms with E-state index in [1.807, 2.05) is 49.4 Å². The van der Waals surface area contributed by atoms with Crippen LogP contribution in [0.2, 0.25) is 0 Å². The van der Waals surface area contributed by atoms with Crippen molar-refractivity contribution in [2.24, 2.45) is 0 Å². The summed E-state index contributed by atoms with van der Waals surface area (Å²) < 4.78 is 5.86. The minimum absolute atomic E-state index is 0.236. The number of para-hydroxylation sites is 1. The van der Waals surface area contributed by atoms with Gasteiger partial charge in [-0.3, -0.25) is 14.6 Å². The van der Waals surface area contributed by atoms with Crippen LogP contribution >= 0.6 is 0 Å². The number of pyridine rings is 1. The van der Waals surface area contributed by atoms with Crippen LogP contribution in [0.25, 0.3) is 17.0 Å². The second-order valence-corrected chi connectivity index (χ2v) is 7.20. The zero-order valence-electron chi connectivity index (χ0n) is 17.7. The van der Waals surface area contributed by atoms with E-state index in [0.717, 1.165) is 34.4 Å². The molecule has 4 aromatic rings. The van der Waals surface area contributed by atoms with E-state index in [4.69, 9.17) is 4.42 Å². The van der Waals surface area contributed by atoms with Gasteiger partial charge in [-0.05, 0) is 42.5 Å². The van der Waals surface area contributed by atoms with Crippen molar-refractivity contribution in [1.82, 2.24) is 10.3 Å². The molecule has 0 aliphatic rings. The van der Waals surface area contributed by atoms with Gasteiger partial charge in [0.1, 0.15) is 11.3 Å². The number of aryl methyl sites for hydroxylation is 1. The number of furan rings is 1. The molecule has 0 bridgehead atoms. The number of rotatable bonds is 7. The van der Waals surface area contributed by atoms with Crippen molar-refractivity contribution < 1.29 is 14.0 Å². The molecule has 2 N–H and O–H groups in total. The molecule has 2 heterocycles. The molecule has 4 rings (SSSR count). The Bertz CT molecular complexity index is 1280. The van der Waals surface area contributed by atoms with Gasteiger partial charge in [0.05, 0.1) is 12.2 Å². The molecule has 160 valence electrons. The van der Waals surface area contributed by atoms with Crippen LogP contribution in [-0.2, 0) is 17.8 Å². The monoisotopic (exact) mass is 425 g/mol. The molecule has 0 saturated heterocycles. The summed E-state index contributed by atoms with van der Waals surface area (Å²) in [6, 6.07) is 20.1. The second-order valence-electron chi connectivity index (χ2n) is 7.20. The molecule has 0 aliphatic carbocycles. The van der Waals surface area contributed by atoms with Gasteiger partial charge in [0.2, 0.25) is 5.91 Å². The lowest BCUT2D eigenvalue weighted by Crippen LogP contribution is -2.23.